The third-order valence-electron chi connectivity index (χ3n) is 2.57. The highest BCUT2D eigenvalue weighted by atomic mass is 35.5. The number of nitrogens with one attached hydrogen (secondary N) is 3. The Morgan fingerprint density at radius 3 is 2.14 bits per heavy atom. The summed E-state index contributed by atoms with van der Waals surface area (Å²) in [7, 11) is 0. The summed E-state index contributed by atoms with van der Waals surface area (Å²) in [6.45, 7) is 0. The summed E-state index contributed by atoms with van der Waals surface area (Å²) in [5.74, 6) is -0.471. The maximum absolute atomic E-state index is 11.8. The predicted molar refractivity (Wildman–Crippen MR) is 87.5 cm³/mol. The van der Waals surface area contributed by atoms with Crippen molar-refractivity contribution in [3.63, 3.8) is 0 Å². The number of rotatable bonds is 2. The molecule has 3 amide bonds. The molecule has 114 valence electrons. The zero-order chi connectivity index (χ0) is 16.1. The lowest BCUT2D eigenvalue weighted by atomic mass is 10.2. The maximum Gasteiger partial charge on any atom is 0.337 e. The Morgan fingerprint density at radius 2 is 1.50 bits per heavy atom. The first-order valence-corrected chi connectivity index (χ1v) is 7.17. The van der Waals surface area contributed by atoms with Crippen LogP contribution in [0.3, 0.4) is 0 Å². The average molecular weight is 359 g/mol. The smallest absolute Gasteiger partial charge is 0.307 e. The van der Waals surface area contributed by atoms with Gasteiger partial charge >= 0.3 is 6.03 Å². The molecule has 2 rings (SSSR count). The van der Waals surface area contributed by atoms with Crippen LogP contribution in [-0.4, -0.2) is 11.9 Å². The number of urea groups is 1. The van der Waals surface area contributed by atoms with E-state index in [1.165, 1.54) is 18.2 Å². The van der Waals surface area contributed by atoms with Gasteiger partial charge in [0.25, 0.3) is 5.91 Å². The van der Waals surface area contributed by atoms with Crippen LogP contribution < -0.4 is 16.2 Å². The van der Waals surface area contributed by atoms with E-state index in [0.29, 0.717) is 26.3 Å². The SMILES string of the molecule is O=C(NNC(=O)c1ccc(Cl)cc1)Nc1ccc(Cl)c(Cl)c1. The molecule has 2 aromatic rings. The number of anilines is 1. The van der Waals surface area contributed by atoms with Crippen molar-refractivity contribution in [2.75, 3.05) is 5.32 Å². The molecular formula is C14H10Cl3N3O2. The topological polar surface area (TPSA) is 70.2 Å². The molecule has 0 radical (unpaired) electrons. The van der Waals surface area contributed by atoms with E-state index in [9.17, 15) is 9.59 Å². The van der Waals surface area contributed by atoms with E-state index in [0.717, 1.165) is 0 Å². The van der Waals surface area contributed by atoms with Crippen molar-refractivity contribution >= 4 is 52.4 Å². The highest BCUT2D eigenvalue weighted by molar-refractivity contribution is 6.42. The molecule has 0 heterocycles. The second kappa shape index (κ2) is 7.35. The molecule has 5 nitrogen and oxygen atoms in total. The van der Waals surface area contributed by atoms with E-state index in [4.69, 9.17) is 34.8 Å². The van der Waals surface area contributed by atoms with Crippen molar-refractivity contribution in [2.24, 2.45) is 0 Å². The summed E-state index contributed by atoms with van der Waals surface area (Å²) in [5.41, 5.74) is 5.28. The number of hydrazine groups is 1. The Balaban J connectivity index is 1.88. The van der Waals surface area contributed by atoms with Gasteiger partial charge < -0.3 is 5.32 Å². The minimum Gasteiger partial charge on any atom is -0.307 e. The van der Waals surface area contributed by atoms with Crippen LogP contribution in [0.5, 0.6) is 0 Å². The maximum atomic E-state index is 11.8. The summed E-state index contributed by atoms with van der Waals surface area (Å²) >= 11 is 17.3. The van der Waals surface area contributed by atoms with Gasteiger partial charge in [0.15, 0.2) is 0 Å². The van der Waals surface area contributed by atoms with Crippen LogP contribution in [0.25, 0.3) is 0 Å². The molecule has 0 aromatic heterocycles. The molecule has 0 unspecified atom stereocenters. The number of hydrogen-bond acceptors (Lipinski definition) is 2. The predicted octanol–water partition coefficient (Wildman–Crippen LogP) is 4.11. The molecule has 0 bridgehead atoms. The van der Waals surface area contributed by atoms with E-state index in [2.05, 4.69) is 16.2 Å². The molecule has 3 N–H and O–H groups in total. The molecule has 0 aliphatic carbocycles. The molecule has 0 atom stereocenters. The number of carbonyl (C=O) groups excluding carboxylic acids is 2. The van der Waals surface area contributed by atoms with Crippen molar-refractivity contribution in [3.8, 4) is 0 Å². The van der Waals surface area contributed by atoms with Gasteiger partial charge in [0.2, 0.25) is 0 Å². The fraction of sp³-hybridized carbons (Fsp3) is 0. The van der Waals surface area contributed by atoms with Crippen molar-refractivity contribution < 1.29 is 9.59 Å². The summed E-state index contributed by atoms with van der Waals surface area (Å²) in [6, 6.07) is 10.2. The van der Waals surface area contributed by atoms with E-state index < -0.39 is 11.9 Å². The van der Waals surface area contributed by atoms with Gasteiger partial charge in [-0.1, -0.05) is 34.8 Å². The van der Waals surface area contributed by atoms with Crippen LogP contribution >= 0.6 is 34.8 Å². The first-order chi connectivity index (χ1) is 10.5. The molecule has 8 heteroatoms. The Hall–Kier alpha value is -1.95. The lowest BCUT2D eigenvalue weighted by molar-refractivity contribution is 0.0938. The van der Waals surface area contributed by atoms with Gasteiger partial charge in [-0.15, -0.1) is 0 Å². The molecule has 22 heavy (non-hydrogen) atoms. The molecule has 2 aromatic carbocycles. The van der Waals surface area contributed by atoms with Gasteiger partial charge in [-0.3, -0.25) is 10.2 Å². The average Bonchev–Trinajstić information content (AvgIpc) is 2.49. The zero-order valence-corrected chi connectivity index (χ0v) is 13.3. The number of hydrogen-bond donors (Lipinski definition) is 3. The van der Waals surface area contributed by atoms with E-state index in [1.54, 1.807) is 24.3 Å². The minimum atomic E-state index is -0.624. The lowest BCUT2D eigenvalue weighted by Gasteiger charge is -2.09. The molecule has 0 saturated heterocycles. The van der Waals surface area contributed by atoms with Crippen LogP contribution in [0.1, 0.15) is 10.4 Å². The largest absolute Gasteiger partial charge is 0.337 e. The van der Waals surface area contributed by atoms with Crippen LogP contribution in [0.15, 0.2) is 42.5 Å². The standard InChI is InChI=1S/C14H10Cl3N3O2/c15-9-3-1-8(2-4-9)13(21)19-20-14(22)18-10-5-6-11(16)12(17)7-10/h1-7H,(H,19,21)(H2,18,20,22). The Morgan fingerprint density at radius 1 is 0.818 bits per heavy atom. The number of carbonyl (C=O) groups is 2. The first-order valence-electron chi connectivity index (χ1n) is 6.03. The molecule has 0 saturated carbocycles. The highest BCUT2D eigenvalue weighted by Gasteiger charge is 2.08. The van der Waals surface area contributed by atoms with Gasteiger partial charge in [-0.25, -0.2) is 10.2 Å². The first kappa shape index (κ1) is 16.4. The lowest BCUT2D eigenvalue weighted by Crippen LogP contribution is -2.43. The Bertz CT molecular complexity index is 705. The molecular weight excluding hydrogens is 349 g/mol. The van der Waals surface area contributed by atoms with Crippen molar-refractivity contribution in [1.82, 2.24) is 10.9 Å². The van der Waals surface area contributed by atoms with Gasteiger partial charge in [-0.05, 0) is 42.5 Å². The van der Waals surface area contributed by atoms with Gasteiger partial charge in [0.1, 0.15) is 0 Å². The fourth-order valence-electron chi connectivity index (χ4n) is 1.52. The fourth-order valence-corrected chi connectivity index (χ4v) is 1.95. The highest BCUT2D eigenvalue weighted by Crippen LogP contribution is 2.24. The summed E-state index contributed by atoms with van der Waals surface area (Å²) in [6.07, 6.45) is 0. The monoisotopic (exact) mass is 357 g/mol. The van der Waals surface area contributed by atoms with Gasteiger partial charge in [-0.2, -0.15) is 0 Å². The Kier molecular flexibility index (Phi) is 5.49. The second-order valence-corrected chi connectivity index (χ2v) is 5.42. The zero-order valence-electron chi connectivity index (χ0n) is 11.0. The number of amides is 3. The van der Waals surface area contributed by atoms with Crippen LogP contribution in [0, 0.1) is 0 Å². The molecule has 0 aliphatic heterocycles. The van der Waals surface area contributed by atoms with Crippen molar-refractivity contribution in [2.45, 2.75) is 0 Å². The third kappa shape index (κ3) is 4.53. The molecule has 0 spiro atoms. The number of halogens is 3. The van der Waals surface area contributed by atoms with E-state index in [-0.39, 0.29) is 0 Å². The summed E-state index contributed by atoms with van der Waals surface area (Å²) in [5, 5.41) is 3.70. The van der Waals surface area contributed by atoms with Crippen LogP contribution in [0.4, 0.5) is 10.5 Å². The van der Waals surface area contributed by atoms with E-state index in [1.807, 2.05) is 0 Å². The third-order valence-corrected chi connectivity index (χ3v) is 3.56. The van der Waals surface area contributed by atoms with Gasteiger partial charge in [0.05, 0.1) is 10.0 Å². The number of benzene rings is 2. The van der Waals surface area contributed by atoms with Gasteiger partial charge in [0, 0.05) is 16.3 Å². The van der Waals surface area contributed by atoms with Crippen molar-refractivity contribution in [3.05, 3.63) is 63.1 Å². The molecule has 0 fully saturated rings. The normalized spacial score (nSPS) is 9.95. The minimum absolute atomic E-state index is 0.310. The second-order valence-electron chi connectivity index (χ2n) is 4.17. The summed E-state index contributed by atoms with van der Waals surface area (Å²) < 4.78 is 0. The van der Waals surface area contributed by atoms with E-state index >= 15 is 0 Å². The van der Waals surface area contributed by atoms with Crippen LogP contribution in [-0.2, 0) is 0 Å². The van der Waals surface area contributed by atoms with Crippen molar-refractivity contribution in [1.29, 1.82) is 0 Å². The molecule has 0 aliphatic rings. The Labute approximate surface area is 141 Å². The summed E-state index contributed by atoms with van der Waals surface area (Å²) in [4.78, 5) is 23.4. The van der Waals surface area contributed by atoms with Crippen LogP contribution in [0.2, 0.25) is 15.1 Å². The quantitative estimate of drug-likeness (QED) is 0.707.